The van der Waals surface area contributed by atoms with Crippen molar-refractivity contribution in [2.24, 2.45) is 17.6 Å². The predicted octanol–water partition coefficient (Wildman–Crippen LogP) is 2.51. The van der Waals surface area contributed by atoms with Crippen molar-refractivity contribution in [1.82, 2.24) is 5.32 Å². The van der Waals surface area contributed by atoms with Gasteiger partial charge in [0, 0.05) is 12.0 Å². The monoisotopic (exact) mass is 330 g/mol. The van der Waals surface area contributed by atoms with Gasteiger partial charge in [0.2, 0.25) is 5.91 Å². The van der Waals surface area contributed by atoms with Crippen LogP contribution in [0.2, 0.25) is 0 Å². The summed E-state index contributed by atoms with van der Waals surface area (Å²) in [7, 11) is 0. The molecular formula is C16H24ClFN2O2. The van der Waals surface area contributed by atoms with Gasteiger partial charge in [-0.25, -0.2) is 4.39 Å². The van der Waals surface area contributed by atoms with Gasteiger partial charge in [-0.15, -0.1) is 12.4 Å². The molecule has 1 aliphatic carbocycles. The van der Waals surface area contributed by atoms with Crippen LogP contribution >= 0.6 is 12.4 Å². The van der Waals surface area contributed by atoms with E-state index in [9.17, 15) is 9.18 Å². The summed E-state index contributed by atoms with van der Waals surface area (Å²) < 4.78 is 18.6. The highest BCUT2D eigenvalue weighted by atomic mass is 35.5. The molecule has 1 aromatic carbocycles. The molecule has 1 saturated carbocycles. The molecule has 0 radical (unpaired) electrons. The number of halogens is 2. The highest BCUT2D eigenvalue weighted by Gasteiger charge is 2.31. The van der Waals surface area contributed by atoms with Crippen molar-refractivity contribution >= 4 is 18.3 Å². The summed E-state index contributed by atoms with van der Waals surface area (Å²) in [5, 5.41) is 2.91. The van der Waals surface area contributed by atoms with Crippen LogP contribution in [0.15, 0.2) is 24.3 Å². The quantitative estimate of drug-likeness (QED) is 0.842. The number of ether oxygens (including phenoxy) is 1. The van der Waals surface area contributed by atoms with Crippen molar-refractivity contribution in [3.63, 3.8) is 0 Å². The average Bonchev–Trinajstić information content (AvgIpc) is 2.93. The van der Waals surface area contributed by atoms with E-state index in [2.05, 4.69) is 5.32 Å². The van der Waals surface area contributed by atoms with Crippen molar-refractivity contribution in [3.05, 3.63) is 30.1 Å². The van der Waals surface area contributed by atoms with Gasteiger partial charge in [0.05, 0.1) is 6.54 Å². The number of nitrogens with two attached hydrogens (primary N) is 1. The van der Waals surface area contributed by atoms with Crippen LogP contribution in [-0.2, 0) is 4.79 Å². The molecule has 1 amide bonds. The molecule has 1 aromatic rings. The van der Waals surface area contributed by atoms with E-state index < -0.39 is 0 Å². The van der Waals surface area contributed by atoms with E-state index >= 15 is 0 Å². The fraction of sp³-hybridized carbons (Fsp3) is 0.562. The van der Waals surface area contributed by atoms with Crippen molar-refractivity contribution in [1.29, 1.82) is 0 Å². The molecule has 1 unspecified atom stereocenters. The van der Waals surface area contributed by atoms with Gasteiger partial charge in [-0.05, 0) is 44.4 Å². The van der Waals surface area contributed by atoms with Crippen LogP contribution in [0.3, 0.4) is 0 Å². The van der Waals surface area contributed by atoms with E-state index in [4.69, 9.17) is 10.5 Å². The SMILES string of the molecule is CC(CNC(=O)[C@@H]1CCC[C@@H]1CN)Oc1cccc(F)c1.Cl. The molecule has 0 aliphatic heterocycles. The smallest absolute Gasteiger partial charge is 0.223 e. The number of nitrogens with one attached hydrogen (secondary N) is 1. The van der Waals surface area contributed by atoms with Gasteiger partial charge in [-0.3, -0.25) is 4.79 Å². The first kappa shape index (κ1) is 18.7. The third-order valence-electron chi connectivity index (χ3n) is 4.00. The standard InChI is InChI=1S/C16H23FN2O2.ClH/c1-11(21-14-6-3-5-13(17)8-14)10-19-16(20)15-7-2-4-12(15)9-18;/h3,5-6,8,11-12,15H,2,4,7,9-10,18H2,1H3,(H,19,20);1H/t11?,12-,15-;/m1./s1. The van der Waals surface area contributed by atoms with E-state index in [-0.39, 0.29) is 36.2 Å². The second kappa shape index (κ2) is 8.96. The molecule has 2 rings (SSSR count). The van der Waals surface area contributed by atoms with Gasteiger partial charge in [-0.2, -0.15) is 0 Å². The van der Waals surface area contributed by atoms with E-state index in [1.54, 1.807) is 12.1 Å². The topological polar surface area (TPSA) is 64.4 Å². The Morgan fingerprint density at radius 2 is 2.27 bits per heavy atom. The lowest BCUT2D eigenvalue weighted by Crippen LogP contribution is -2.39. The molecule has 1 aliphatic rings. The lowest BCUT2D eigenvalue weighted by Gasteiger charge is -2.20. The summed E-state index contributed by atoms with van der Waals surface area (Å²) >= 11 is 0. The van der Waals surface area contributed by atoms with E-state index in [0.29, 0.717) is 24.8 Å². The highest BCUT2D eigenvalue weighted by molar-refractivity contribution is 5.85. The van der Waals surface area contributed by atoms with Gasteiger partial charge in [-0.1, -0.05) is 12.5 Å². The largest absolute Gasteiger partial charge is 0.489 e. The van der Waals surface area contributed by atoms with Crippen molar-refractivity contribution < 1.29 is 13.9 Å². The minimum Gasteiger partial charge on any atom is -0.489 e. The number of hydrogen-bond donors (Lipinski definition) is 2. The van der Waals surface area contributed by atoms with Gasteiger partial charge in [0.25, 0.3) is 0 Å². The van der Waals surface area contributed by atoms with Crippen LogP contribution in [-0.4, -0.2) is 25.1 Å². The molecule has 0 bridgehead atoms. The zero-order valence-corrected chi connectivity index (χ0v) is 13.6. The van der Waals surface area contributed by atoms with Crippen molar-refractivity contribution in [2.75, 3.05) is 13.1 Å². The second-order valence-corrected chi connectivity index (χ2v) is 5.66. The van der Waals surface area contributed by atoms with Gasteiger partial charge >= 0.3 is 0 Å². The van der Waals surface area contributed by atoms with Crippen molar-refractivity contribution in [2.45, 2.75) is 32.3 Å². The first-order valence-electron chi connectivity index (χ1n) is 7.50. The number of carbonyl (C=O) groups excluding carboxylic acids is 1. The Balaban J connectivity index is 0.00000242. The Labute approximate surface area is 137 Å². The third kappa shape index (κ3) is 5.14. The zero-order chi connectivity index (χ0) is 15.2. The van der Waals surface area contributed by atoms with Crippen LogP contribution in [0.1, 0.15) is 26.2 Å². The molecule has 4 nitrogen and oxygen atoms in total. The first-order valence-corrected chi connectivity index (χ1v) is 7.50. The zero-order valence-electron chi connectivity index (χ0n) is 12.8. The van der Waals surface area contributed by atoms with E-state index in [1.807, 2.05) is 6.92 Å². The molecule has 6 heteroatoms. The summed E-state index contributed by atoms with van der Waals surface area (Å²) in [6.45, 7) is 2.82. The summed E-state index contributed by atoms with van der Waals surface area (Å²) in [5.41, 5.74) is 5.69. The minimum absolute atomic E-state index is 0. The van der Waals surface area contributed by atoms with E-state index in [1.165, 1.54) is 12.1 Å². The number of hydrogen-bond acceptors (Lipinski definition) is 3. The van der Waals surface area contributed by atoms with Crippen LogP contribution in [0.5, 0.6) is 5.75 Å². The van der Waals surface area contributed by atoms with Crippen LogP contribution in [0, 0.1) is 17.7 Å². The Bertz CT molecular complexity index is 487. The first-order chi connectivity index (χ1) is 10.1. The summed E-state index contributed by atoms with van der Waals surface area (Å²) in [6.07, 6.45) is 2.79. The molecule has 22 heavy (non-hydrogen) atoms. The minimum atomic E-state index is -0.333. The average molecular weight is 331 g/mol. The fourth-order valence-electron chi connectivity index (χ4n) is 2.85. The second-order valence-electron chi connectivity index (χ2n) is 5.66. The highest BCUT2D eigenvalue weighted by Crippen LogP contribution is 2.30. The Morgan fingerprint density at radius 3 is 2.95 bits per heavy atom. The maximum atomic E-state index is 13.1. The maximum absolute atomic E-state index is 13.1. The number of carbonyl (C=O) groups is 1. The van der Waals surface area contributed by atoms with Gasteiger partial charge < -0.3 is 15.8 Å². The molecule has 124 valence electrons. The summed E-state index contributed by atoms with van der Waals surface area (Å²) in [6, 6.07) is 6.00. The molecule has 1 fully saturated rings. The predicted molar refractivity (Wildman–Crippen MR) is 86.6 cm³/mol. The number of benzene rings is 1. The Kier molecular flexibility index (Phi) is 7.62. The van der Waals surface area contributed by atoms with Crippen LogP contribution < -0.4 is 15.8 Å². The summed E-state index contributed by atoms with van der Waals surface area (Å²) in [5.74, 6) is 0.511. The molecular weight excluding hydrogens is 307 g/mol. The lowest BCUT2D eigenvalue weighted by molar-refractivity contribution is -0.126. The fourth-order valence-corrected chi connectivity index (χ4v) is 2.85. The van der Waals surface area contributed by atoms with E-state index in [0.717, 1.165) is 19.3 Å². The molecule has 3 atom stereocenters. The van der Waals surface area contributed by atoms with Crippen LogP contribution in [0.25, 0.3) is 0 Å². The molecule has 0 spiro atoms. The lowest BCUT2D eigenvalue weighted by atomic mass is 9.95. The molecule has 0 heterocycles. The number of rotatable bonds is 6. The van der Waals surface area contributed by atoms with Gasteiger partial charge in [0.15, 0.2) is 0 Å². The normalized spacial score (nSPS) is 21.8. The molecule has 3 N–H and O–H groups in total. The Hall–Kier alpha value is -1.33. The van der Waals surface area contributed by atoms with Crippen molar-refractivity contribution in [3.8, 4) is 5.75 Å². The maximum Gasteiger partial charge on any atom is 0.223 e. The summed E-state index contributed by atoms with van der Waals surface area (Å²) in [4.78, 5) is 12.1. The van der Waals surface area contributed by atoms with Gasteiger partial charge in [0.1, 0.15) is 17.7 Å². The number of amides is 1. The molecule has 0 aromatic heterocycles. The molecule has 0 saturated heterocycles. The Morgan fingerprint density at radius 1 is 1.50 bits per heavy atom. The third-order valence-corrected chi connectivity index (χ3v) is 4.00. The van der Waals surface area contributed by atoms with Crippen LogP contribution in [0.4, 0.5) is 4.39 Å².